The van der Waals surface area contributed by atoms with Crippen LogP contribution in [0.1, 0.15) is 18.7 Å². The number of rotatable bonds is 4. The van der Waals surface area contributed by atoms with Crippen LogP contribution < -0.4 is 5.32 Å². The standard InChI is InChI=1S/C13H15BrN2S/c1-9(2)15-8-12-7-13(16-17-12)10-4-3-5-11(14)6-10/h3-7,9,15H,8H2,1-2H3. The molecule has 0 aliphatic heterocycles. The Kier molecular flexibility index (Phi) is 4.31. The molecule has 0 spiro atoms. The number of halogens is 1. The summed E-state index contributed by atoms with van der Waals surface area (Å²) in [6.07, 6.45) is 0. The third kappa shape index (κ3) is 3.63. The van der Waals surface area contributed by atoms with Gasteiger partial charge < -0.3 is 5.32 Å². The van der Waals surface area contributed by atoms with E-state index in [0.29, 0.717) is 6.04 Å². The molecule has 1 heterocycles. The second-order valence-corrected chi connectivity index (χ2v) is 6.03. The molecule has 0 atom stereocenters. The summed E-state index contributed by atoms with van der Waals surface area (Å²) in [5, 5.41) is 3.40. The van der Waals surface area contributed by atoms with Gasteiger partial charge in [0.1, 0.15) is 0 Å². The SMILES string of the molecule is CC(C)NCc1cc(-c2cccc(Br)c2)ns1. The van der Waals surface area contributed by atoms with Crippen molar-refractivity contribution in [1.82, 2.24) is 9.69 Å². The van der Waals surface area contributed by atoms with Crippen molar-refractivity contribution in [1.29, 1.82) is 0 Å². The fourth-order valence-electron chi connectivity index (χ4n) is 1.48. The van der Waals surface area contributed by atoms with E-state index >= 15 is 0 Å². The summed E-state index contributed by atoms with van der Waals surface area (Å²) in [7, 11) is 0. The molecule has 0 saturated heterocycles. The molecule has 2 aromatic rings. The van der Waals surface area contributed by atoms with Gasteiger partial charge in [0.05, 0.1) is 5.69 Å². The molecule has 2 rings (SSSR count). The zero-order chi connectivity index (χ0) is 12.3. The first-order valence-electron chi connectivity index (χ1n) is 5.60. The van der Waals surface area contributed by atoms with E-state index < -0.39 is 0 Å². The van der Waals surface area contributed by atoms with Crippen LogP contribution in [-0.4, -0.2) is 10.4 Å². The number of hydrogen-bond acceptors (Lipinski definition) is 3. The average Bonchev–Trinajstić information content (AvgIpc) is 2.75. The molecule has 0 aliphatic carbocycles. The van der Waals surface area contributed by atoms with Gasteiger partial charge in [-0.15, -0.1) is 0 Å². The van der Waals surface area contributed by atoms with Crippen molar-refractivity contribution in [3.8, 4) is 11.3 Å². The summed E-state index contributed by atoms with van der Waals surface area (Å²) in [4.78, 5) is 1.27. The average molecular weight is 311 g/mol. The first-order valence-corrected chi connectivity index (χ1v) is 7.16. The molecule has 0 amide bonds. The summed E-state index contributed by atoms with van der Waals surface area (Å²) in [5.74, 6) is 0. The molecule has 0 saturated carbocycles. The Morgan fingerprint density at radius 2 is 2.18 bits per heavy atom. The van der Waals surface area contributed by atoms with Gasteiger partial charge in [-0.1, -0.05) is 41.9 Å². The third-order valence-electron chi connectivity index (χ3n) is 2.36. The minimum absolute atomic E-state index is 0.506. The van der Waals surface area contributed by atoms with Crippen LogP contribution in [0.4, 0.5) is 0 Å². The van der Waals surface area contributed by atoms with Crippen molar-refractivity contribution in [3.63, 3.8) is 0 Å². The lowest BCUT2D eigenvalue weighted by Gasteiger charge is -2.04. The summed E-state index contributed by atoms with van der Waals surface area (Å²) >= 11 is 5.04. The molecule has 17 heavy (non-hydrogen) atoms. The van der Waals surface area contributed by atoms with Gasteiger partial charge in [0.25, 0.3) is 0 Å². The van der Waals surface area contributed by atoms with Crippen LogP contribution in [0.15, 0.2) is 34.8 Å². The highest BCUT2D eigenvalue weighted by atomic mass is 79.9. The van der Waals surface area contributed by atoms with Crippen LogP contribution >= 0.6 is 27.5 Å². The number of aromatic nitrogens is 1. The largest absolute Gasteiger partial charge is 0.310 e. The van der Waals surface area contributed by atoms with E-state index in [9.17, 15) is 0 Å². The Bertz CT molecular complexity index is 494. The smallest absolute Gasteiger partial charge is 0.0844 e. The van der Waals surface area contributed by atoms with Crippen molar-refractivity contribution in [3.05, 3.63) is 39.7 Å². The third-order valence-corrected chi connectivity index (χ3v) is 3.64. The Hall–Kier alpha value is -0.710. The predicted octanol–water partition coefficient (Wildman–Crippen LogP) is 4.07. The molecule has 0 bridgehead atoms. The topological polar surface area (TPSA) is 24.9 Å². The minimum Gasteiger partial charge on any atom is -0.310 e. The van der Waals surface area contributed by atoms with E-state index in [2.05, 4.69) is 57.7 Å². The van der Waals surface area contributed by atoms with Gasteiger partial charge >= 0.3 is 0 Å². The highest BCUT2D eigenvalue weighted by molar-refractivity contribution is 9.10. The highest BCUT2D eigenvalue weighted by Crippen LogP contribution is 2.24. The molecule has 4 heteroatoms. The Labute approximate surface area is 114 Å². The number of nitrogens with one attached hydrogen (secondary N) is 1. The summed E-state index contributed by atoms with van der Waals surface area (Å²) in [5.41, 5.74) is 2.21. The molecule has 1 aromatic heterocycles. The van der Waals surface area contributed by atoms with Crippen molar-refractivity contribution >= 4 is 27.5 Å². The second kappa shape index (κ2) is 5.76. The molecule has 0 unspecified atom stereocenters. The molecular weight excluding hydrogens is 296 g/mol. The molecule has 0 aliphatic rings. The van der Waals surface area contributed by atoms with E-state index in [0.717, 1.165) is 22.3 Å². The second-order valence-electron chi connectivity index (χ2n) is 4.22. The van der Waals surface area contributed by atoms with E-state index in [1.807, 2.05) is 12.1 Å². The van der Waals surface area contributed by atoms with E-state index in [1.54, 1.807) is 11.5 Å². The predicted molar refractivity (Wildman–Crippen MR) is 77.2 cm³/mol. The number of benzene rings is 1. The lowest BCUT2D eigenvalue weighted by Crippen LogP contribution is -2.21. The van der Waals surface area contributed by atoms with Gasteiger partial charge in [0.15, 0.2) is 0 Å². The Morgan fingerprint density at radius 3 is 2.88 bits per heavy atom. The maximum absolute atomic E-state index is 4.49. The first kappa shape index (κ1) is 12.7. The zero-order valence-corrected chi connectivity index (χ0v) is 12.3. The summed E-state index contributed by atoms with van der Waals surface area (Å²) < 4.78 is 5.57. The Balaban J connectivity index is 2.12. The van der Waals surface area contributed by atoms with Gasteiger partial charge in [0, 0.05) is 27.5 Å². The molecule has 2 nitrogen and oxygen atoms in total. The van der Waals surface area contributed by atoms with Crippen LogP contribution in [0, 0.1) is 0 Å². The number of nitrogens with zero attached hydrogens (tertiary/aromatic N) is 1. The summed E-state index contributed by atoms with van der Waals surface area (Å²) in [6.45, 7) is 5.19. The van der Waals surface area contributed by atoms with Crippen LogP contribution in [0.2, 0.25) is 0 Å². The van der Waals surface area contributed by atoms with Gasteiger partial charge in [-0.2, -0.15) is 4.37 Å². The quantitative estimate of drug-likeness (QED) is 0.920. The van der Waals surface area contributed by atoms with Crippen molar-refractivity contribution in [2.24, 2.45) is 0 Å². The maximum Gasteiger partial charge on any atom is 0.0844 e. The Morgan fingerprint density at radius 1 is 1.35 bits per heavy atom. The number of hydrogen-bond donors (Lipinski definition) is 1. The van der Waals surface area contributed by atoms with E-state index in [4.69, 9.17) is 0 Å². The molecular formula is C13H15BrN2S. The van der Waals surface area contributed by atoms with E-state index in [-0.39, 0.29) is 0 Å². The highest BCUT2D eigenvalue weighted by Gasteiger charge is 2.05. The van der Waals surface area contributed by atoms with Gasteiger partial charge in [-0.05, 0) is 29.7 Å². The molecule has 90 valence electrons. The fourth-order valence-corrected chi connectivity index (χ4v) is 2.57. The molecule has 0 fully saturated rings. The van der Waals surface area contributed by atoms with Gasteiger partial charge in [-0.3, -0.25) is 0 Å². The minimum atomic E-state index is 0.506. The molecule has 1 aromatic carbocycles. The van der Waals surface area contributed by atoms with Crippen molar-refractivity contribution in [2.75, 3.05) is 0 Å². The zero-order valence-electron chi connectivity index (χ0n) is 9.90. The fraction of sp³-hybridized carbons (Fsp3) is 0.308. The van der Waals surface area contributed by atoms with Crippen molar-refractivity contribution < 1.29 is 0 Å². The monoisotopic (exact) mass is 310 g/mol. The molecule has 1 N–H and O–H groups in total. The normalized spacial score (nSPS) is 11.1. The first-order chi connectivity index (χ1) is 8.15. The van der Waals surface area contributed by atoms with Crippen LogP contribution in [0.3, 0.4) is 0 Å². The van der Waals surface area contributed by atoms with Crippen LogP contribution in [-0.2, 0) is 6.54 Å². The van der Waals surface area contributed by atoms with Crippen LogP contribution in [0.5, 0.6) is 0 Å². The van der Waals surface area contributed by atoms with E-state index in [1.165, 1.54) is 4.88 Å². The maximum atomic E-state index is 4.49. The molecule has 0 radical (unpaired) electrons. The van der Waals surface area contributed by atoms with Crippen LogP contribution in [0.25, 0.3) is 11.3 Å². The van der Waals surface area contributed by atoms with Gasteiger partial charge in [0.2, 0.25) is 0 Å². The lowest BCUT2D eigenvalue weighted by atomic mass is 10.1. The lowest BCUT2D eigenvalue weighted by molar-refractivity contribution is 0.593. The summed E-state index contributed by atoms with van der Waals surface area (Å²) in [6, 6.07) is 10.9. The van der Waals surface area contributed by atoms with Gasteiger partial charge in [-0.25, -0.2) is 0 Å². The van der Waals surface area contributed by atoms with Crippen molar-refractivity contribution in [2.45, 2.75) is 26.4 Å².